The van der Waals surface area contributed by atoms with E-state index in [-0.39, 0.29) is 5.91 Å². The predicted octanol–water partition coefficient (Wildman–Crippen LogP) is 2.57. The average Bonchev–Trinajstić information content (AvgIpc) is 2.88. The van der Waals surface area contributed by atoms with Gasteiger partial charge in [0.2, 0.25) is 5.95 Å². The zero-order valence-corrected chi connectivity index (χ0v) is 14.9. The molecule has 1 amide bonds. The van der Waals surface area contributed by atoms with Crippen molar-refractivity contribution >= 4 is 17.5 Å². The molecule has 0 bridgehead atoms. The lowest BCUT2D eigenvalue weighted by molar-refractivity contribution is 0.0766. The van der Waals surface area contributed by atoms with E-state index in [2.05, 4.69) is 51.4 Å². The Labute approximate surface area is 148 Å². The molecule has 0 radical (unpaired) electrons. The third kappa shape index (κ3) is 4.07. The molecule has 1 N–H and O–H groups in total. The Morgan fingerprint density at radius 1 is 1.12 bits per heavy atom. The van der Waals surface area contributed by atoms with E-state index in [4.69, 9.17) is 0 Å². The predicted molar refractivity (Wildman–Crippen MR) is 100 cm³/mol. The molecule has 0 atom stereocenters. The van der Waals surface area contributed by atoms with Crippen molar-refractivity contribution < 1.29 is 4.79 Å². The number of nitrogens with one attached hydrogen (secondary N) is 1. The summed E-state index contributed by atoms with van der Waals surface area (Å²) in [5.41, 5.74) is 3.08. The molecule has 132 valence electrons. The van der Waals surface area contributed by atoms with Crippen LogP contribution < -0.4 is 10.2 Å². The van der Waals surface area contributed by atoms with Gasteiger partial charge in [0.1, 0.15) is 0 Å². The monoisotopic (exact) mass is 339 g/mol. The molecule has 0 unspecified atom stereocenters. The van der Waals surface area contributed by atoms with Crippen LogP contribution in [0.5, 0.6) is 0 Å². The molecule has 2 heterocycles. The van der Waals surface area contributed by atoms with E-state index in [9.17, 15) is 4.79 Å². The Morgan fingerprint density at radius 2 is 1.88 bits per heavy atom. The van der Waals surface area contributed by atoms with Crippen molar-refractivity contribution in [3.63, 3.8) is 0 Å². The maximum atomic E-state index is 12.7. The molecule has 1 fully saturated rings. The van der Waals surface area contributed by atoms with Crippen molar-refractivity contribution in [2.24, 2.45) is 0 Å². The Morgan fingerprint density at radius 3 is 2.60 bits per heavy atom. The normalized spacial score (nSPS) is 15.0. The zero-order valence-electron chi connectivity index (χ0n) is 14.9. The van der Waals surface area contributed by atoms with Gasteiger partial charge in [-0.1, -0.05) is 18.2 Å². The summed E-state index contributed by atoms with van der Waals surface area (Å²) >= 11 is 0. The fraction of sp³-hybridized carbons (Fsp3) is 0.421. The second kappa shape index (κ2) is 7.96. The van der Waals surface area contributed by atoms with Crippen LogP contribution in [0, 0.1) is 6.92 Å². The maximum absolute atomic E-state index is 12.7. The summed E-state index contributed by atoms with van der Waals surface area (Å²) < 4.78 is 0. The van der Waals surface area contributed by atoms with Gasteiger partial charge in [0.15, 0.2) is 0 Å². The summed E-state index contributed by atoms with van der Waals surface area (Å²) in [5, 5.41) is 3.04. The number of benzene rings is 1. The van der Waals surface area contributed by atoms with Crippen LogP contribution in [0.3, 0.4) is 0 Å². The second-order valence-corrected chi connectivity index (χ2v) is 6.24. The number of carbonyl (C=O) groups is 1. The highest BCUT2D eigenvalue weighted by Crippen LogP contribution is 2.21. The number of amides is 1. The van der Waals surface area contributed by atoms with Crippen LogP contribution in [0.15, 0.2) is 36.7 Å². The lowest BCUT2D eigenvalue weighted by Gasteiger charge is -2.25. The highest BCUT2D eigenvalue weighted by molar-refractivity contribution is 5.93. The van der Waals surface area contributed by atoms with Gasteiger partial charge in [-0.25, -0.2) is 9.97 Å². The van der Waals surface area contributed by atoms with Crippen LogP contribution in [0.4, 0.5) is 11.6 Å². The van der Waals surface area contributed by atoms with Gasteiger partial charge in [-0.3, -0.25) is 4.79 Å². The van der Waals surface area contributed by atoms with Gasteiger partial charge in [-0.15, -0.1) is 0 Å². The van der Waals surface area contributed by atoms with E-state index in [0.29, 0.717) is 18.1 Å². The second-order valence-electron chi connectivity index (χ2n) is 6.24. The molecule has 0 spiro atoms. The molecule has 6 nitrogen and oxygen atoms in total. The summed E-state index contributed by atoms with van der Waals surface area (Å²) in [6.45, 7) is 8.15. The standard InChI is InChI=1S/C19H25N5O/c1-3-20-19-21-13-16(14-22-19)18(25)24-10-6-9-23(11-12-24)17-8-5-4-7-15(17)2/h4-5,7-8,13-14H,3,6,9-12H2,1-2H3,(H,20,21,22). The van der Waals surface area contributed by atoms with Crippen LogP contribution in [0.2, 0.25) is 0 Å². The first kappa shape index (κ1) is 17.2. The van der Waals surface area contributed by atoms with Gasteiger partial charge < -0.3 is 15.1 Å². The number of hydrogen-bond acceptors (Lipinski definition) is 5. The lowest BCUT2D eigenvalue weighted by atomic mass is 10.2. The van der Waals surface area contributed by atoms with Crippen LogP contribution in [0.25, 0.3) is 0 Å². The van der Waals surface area contributed by atoms with Crippen LogP contribution in [-0.2, 0) is 0 Å². The highest BCUT2D eigenvalue weighted by atomic mass is 16.2. The number of rotatable bonds is 4. The molecular formula is C19H25N5O. The third-order valence-electron chi connectivity index (χ3n) is 4.47. The van der Waals surface area contributed by atoms with Gasteiger partial charge >= 0.3 is 0 Å². The van der Waals surface area contributed by atoms with Crippen LogP contribution in [-0.4, -0.2) is 53.5 Å². The number of carbonyl (C=O) groups excluding carboxylic acids is 1. The average molecular weight is 339 g/mol. The quantitative estimate of drug-likeness (QED) is 0.928. The molecule has 25 heavy (non-hydrogen) atoms. The Kier molecular flexibility index (Phi) is 5.48. The molecule has 1 aromatic carbocycles. The Bertz CT molecular complexity index is 716. The maximum Gasteiger partial charge on any atom is 0.257 e. The topological polar surface area (TPSA) is 61.4 Å². The smallest absolute Gasteiger partial charge is 0.257 e. The van der Waals surface area contributed by atoms with E-state index >= 15 is 0 Å². The number of aromatic nitrogens is 2. The van der Waals surface area contributed by atoms with Crippen molar-refractivity contribution in [1.82, 2.24) is 14.9 Å². The summed E-state index contributed by atoms with van der Waals surface area (Å²) in [7, 11) is 0. The molecular weight excluding hydrogens is 314 g/mol. The molecule has 6 heteroatoms. The van der Waals surface area contributed by atoms with E-state index in [1.165, 1.54) is 11.3 Å². The Hall–Kier alpha value is -2.63. The first-order chi connectivity index (χ1) is 12.2. The molecule has 1 aliphatic rings. The van der Waals surface area contributed by atoms with Gasteiger partial charge in [-0.05, 0) is 31.9 Å². The Balaban J connectivity index is 1.66. The van der Waals surface area contributed by atoms with Crippen LogP contribution >= 0.6 is 0 Å². The first-order valence-electron chi connectivity index (χ1n) is 8.85. The molecule has 1 saturated heterocycles. The van der Waals surface area contributed by atoms with Gasteiger partial charge in [0.25, 0.3) is 5.91 Å². The number of aryl methyl sites for hydroxylation is 1. The number of nitrogens with zero attached hydrogens (tertiary/aromatic N) is 4. The van der Waals surface area contributed by atoms with E-state index in [0.717, 1.165) is 32.6 Å². The fourth-order valence-corrected chi connectivity index (χ4v) is 3.15. The molecule has 1 aliphatic heterocycles. The van der Waals surface area contributed by atoms with Gasteiger partial charge in [0.05, 0.1) is 5.56 Å². The molecule has 3 rings (SSSR count). The minimum absolute atomic E-state index is 0.00896. The molecule has 0 saturated carbocycles. The summed E-state index contributed by atoms with van der Waals surface area (Å²) in [4.78, 5) is 25.4. The fourth-order valence-electron chi connectivity index (χ4n) is 3.15. The summed E-state index contributed by atoms with van der Waals surface area (Å²) in [6, 6.07) is 8.41. The first-order valence-corrected chi connectivity index (χ1v) is 8.85. The van der Waals surface area contributed by atoms with E-state index in [1.54, 1.807) is 12.4 Å². The van der Waals surface area contributed by atoms with Crippen molar-refractivity contribution in [1.29, 1.82) is 0 Å². The van der Waals surface area contributed by atoms with E-state index < -0.39 is 0 Å². The number of anilines is 2. The largest absolute Gasteiger partial charge is 0.369 e. The molecule has 1 aromatic heterocycles. The molecule has 2 aromatic rings. The SMILES string of the molecule is CCNc1ncc(C(=O)N2CCCN(c3ccccc3C)CC2)cn1. The van der Waals surface area contributed by atoms with Crippen molar-refractivity contribution in [3.05, 3.63) is 47.8 Å². The summed E-state index contributed by atoms with van der Waals surface area (Å²) in [5.74, 6) is 0.565. The van der Waals surface area contributed by atoms with Gasteiger partial charge in [-0.2, -0.15) is 0 Å². The summed E-state index contributed by atoms with van der Waals surface area (Å²) in [6.07, 6.45) is 4.17. The van der Waals surface area contributed by atoms with Crippen LogP contribution in [0.1, 0.15) is 29.3 Å². The number of hydrogen-bond donors (Lipinski definition) is 1. The number of para-hydroxylation sites is 1. The van der Waals surface area contributed by atoms with E-state index in [1.807, 2.05) is 11.8 Å². The minimum Gasteiger partial charge on any atom is -0.369 e. The molecule has 0 aliphatic carbocycles. The van der Waals surface area contributed by atoms with Crippen molar-refractivity contribution in [3.8, 4) is 0 Å². The van der Waals surface area contributed by atoms with Crippen molar-refractivity contribution in [2.45, 2.75) is 20.3 Å². The highest BCUT2D eigenvalue weighted by Gasteiger charge is 2.21. The third-order valence-corrected chi connectivity index (χ3v) is 4.47. The van der Waals surface area contributed by atoms with Crippen molar-refractivity contribution in [2.75, 3.05) is 42.9 Å². The minimum atomic E-state index is 0.00896. The van der Waals surface area contributed by atoms with Gasteiger partial charge in [0, 0.05) is 50.8 Å². The zero-order chi connectivity index (χ0) is 17.6. The lowest BCUT2D eigenvalue weighted by Crippen LogP contribution is -2.35.